The number of thioether (sulfide) groups is 1. The van der Waals surface area contributed by atoms with Gasteiger partial charge in [0.05, 0.1) is 12.4 Å². The summed E-state index contributed by atoms with van der Waals surface area (Å²) in [4.78, 5) is 20.7. The zero-order valence-electron chi connectivity index (χ0n) is 7.41. The monoisotopic (exact) mass is 190 g/mol. The van der Waals surface area contributed by atoms with Crippen LogP contribution in [0, 0.1) is 5.92 Å². The fourth-order valence-corrected chi connectivity index (χ4v) is 0.956. The summed E-state index contributed by atoms with van der Waals surface area (Å²) in [7, 11) is 0. The van der Waals surface area contributed by atoms with Gasteiger partial charge in [0.1, 0.15) is 6.29 Å². The Kier molecular flexibility index (Phi) is 6.85. The Morgan fingerprint density at radius 2 is 2.25 bits per heavy atom. The van der Waals surface area contributed by atoms with Crippen molar-refractivity contribution in [1.82, 2.24) is 0 Å². The Balaban J connectivity index is 3.27. The first-order chi connectivity index (χ1) is 5.66. The van der Waals surface area contributed by atoms with E-state index < -0.39 is 0 Å². The first kappa shape index (κ1) is 11.5. The van der Waals surface area contributed by atoms with E-state index in [0.717, 1.165) is 6.29 Å². The molecule has 3 nitrogen and oxygen atoms in total. The number of esters is 1. The van der Waals surface area contributed by atoms with Crippen molar-refractivity contribution in [1.29, 1.82) is 0 Å². The number of aldehydes is 1. The summed E-state index contributed by atoms with van der Waals surface area (Å²) in [5, 5.41) is 0. The Bertz CT molecular complexity index is 145. The van der Waals surface area contributed by atoms with Crippen LogP contribution in [0.5, 0.6) is 0 Å². The molecule has 0 atom stereocenters. The van der Waals surface area contributed by atoms with Crippen LogP contribution in [0.2, 0.25) is 0 Å². The highest BCUT2D eigenvalue weighted by atomic mass is 32.2. The topological polar surface area (TPSA) is 43.4 Å². The second-order valence-electron chi connectivity index (χ2n) is 2.76. The zero-order chi connectivity index (χ0) is 9.40. The highest BCUT2D eigenvalue weighted by Crippen LogP contribution is 2.00. The molecule has 0 saturated carbocycles. The second kappa shape index (κ2) is 7.16. The molecule has 70 valence electrons. The molecule has 0 rings (SSSR count). The van der Waals surface area contributed by atoms with E-state index in [0.29, 0.717) is 18.3 Å². The van der Waals surface area contributed by atoms with Crippen LogP contribution in [-0.4, -0.2) is 30.4 Å². The molecule has 0 aromatic heterocycles. The first-order valence-electron chi connectivity index (χ1n) is 3.83. The smallest absolute Gasteiger partial charge is 0.315 e. The fraction of sp³-hybridized carbons (Fsp3) is 0.750. The fourth-order valence-electron chi connectivity index (χ4n) is 0.492. The number of hydrogen-bond donors (Lipinski definition) is 0. The molecule has 0 aliphatic rings. The Morgan fingerprint density at radius 3 is 2.75 bits per heavy atom. The summed E-state index contributed by atoms with van der Waals surface area (Å²) in [6.45, 7) is 4.41. The Morgan fingerprint density at radius 1 is 1.58 bits per heavy atom. The Labute approximate surface area is 76.9 Å². The van der Waals surface area contributed by atoms with E-state index in [1.54, 1.807) is 0 Å². The van der Waals surface area contributed by atoms with Crippen LogP contribution in [0.3, 0.4) is 0 Å². The minimum Gasteiger partial charge on any atom is -0.465 e. The zero-order valence-corrected chi connectivity index (χ0v) is 8.23. The summed E-state index contributed by atoms with van der Waals surface area (Å²) in [5.41, 5.74) is 0. The number of carbonyl (C=O) groups is 2. The molecule has 0 unspecified atom stereocenters. The summed E-state index contributed by atoms with van der Waals surface area (Å²) >= 11 is 1.27. The maximum Gasteiger partial charge on any atom is 0.315 e. The van der Waals surface area contributed by atoms with Gasteiger partial charge in [-0.1, -0.05) is 13.8 Å². The van der Waals surface area contributed by atoms with Crippen molar-refractivity contribution in [2.45, 2.75) is 13.8 Å². The maximum absolute atomic E-state index is 10.9. The van der Waals surface area contributed by atoms with Crippen molar-refractivity contribution < 1.29 is 14.3 Å². The van der Waals surface area contributed by atoms with Gasteiger partial charge in [0.2, 0.25) is 0 Å². The lowest BCUT2D eigenvalue weighted by Gasteiger charge is -2.05. The third kappa shape index (κ3) is 7.60. The third-order valence-electron chi connectivity index (χ3n) is 0.983. The molecule has 0 bridgehead atoms. The number of hydrogen-bond acceptors (Lipinski definition) is 4. The van der Waals surface area contributed by atoms with Crippen molar-refractivity contribution in [3.8, 4) is 0 Å². The van der Waals surface area contributed by atoms with Crippen molar-refractivity contribution in [2.24, 2.45) is 5.92 Å². The van der Waals surface area contributed by atoms with E-state index in [4.69, 9.17) is 4.74 Å². The van der Waals surface area contributed by atoms with Gasteiger partial charge in [-0.05, 0) is 5.92 Å². The van der Waals surface area contributed by atoms with Crippen LogP contribution in [0.25, 0.3) is 0 Å². The van der Waals surface area contributed by atoms with E-state index in [1.807, 2.05) is 13.8 Å². The van der Waals surface area contributed by atoms with E-state index >= 15 is 0 Å². The van der Waals surface area contributed by atoms with Crippen LogP contribution >= 0.6 is 11.8 Å². The highest BCUT2D eigenvalue weighted by Gasteiger charge is 2.03. The summed E-state index contributed by atoms with van der Waals surface area (Å²) in [6.07, 6.45) is 0.778. The summed E-state index contributed by atoms with van der Waals surface area (Å²) in [5.74, 6) is 0.753. The van der Waals surface area contributed by atoms with Crippen LogP contribution < -0.4 is 0 Å². The average Bonchev–Trinajstić information content (AvgIpc) is 2.01. The van der Waals surface area contributed by atoms with Crippen molar-refractivity contribution in [3.05, 3.63) is 0 Å². The third-order valence-corrected chi connectivity index (χ3v) is 1.80. The minimum atomic E-state index is -0.240. The summed E-state index contributed by atoms with van der Waals surface area (Å²) < 4.78 is 4.87. The van der Waals surface area contributed by atoms with E-state index in [9.17, 15) is 9.59 Å². The molecule has 0 amide bonds. The molecule has 4 heteroatoms. The van der Waals surface area contributed by atoms with E-state index in [1.165, 1.54) is 11.8 Å². The van der Waals surface area contributed by atoms with Gasteiger partial charge >= 0.3 is 5.97 Å². The quantitative estimate of drug-likeness (QED) is 0.357. The number of rotatable bonds is 6. The highest BCUT2D eigenvalue weighted by molar-refractivity contribution is 8.00. The van der Waals surface area contributed by atoms with Gasteiger partial charge in [0, 0.05) is 5.75 Å². The lowest BCUT2D eigenvalue weighted by Crippen LogP contribution is -2.12. The van der Waals surface area contributed by atoms with Crippen LogP contribution in [0.15, 0.2) is 0 Å². The molecule has 0 N–H and O–H groups in total. The summed E-state index contributed by atoms with van der Waals surface area (Å²) in [6, 6.07) is 0. The maximum atomic E-state index is 10.9. The first-order valence-corrected chi connectivity index (χ1v) is 4.99. The van der Waals surface area contributed by atoms with Gasteiger partial charge < -0.3 is 9.53 Å². The molecule has 0 spiro atoms. The molecular weight excluding hydrogens is 176 g/mol. The second-order valence-corrected chi connectivity index (χ2v) is 3.79. The molecule has 0 aliphatic carbocycles. The predicted molar refractivity (Wildman–Crippen MR) is 49.2 cm³/mol. The van der Waals surface area contributed by atoms with Gasteiger partial charge in [0.25, 0.3) is 0 Å². The molecule has 0 aromatic carbocycles. The van der Waals surface area contributed by atoms with Crippen LogP contribution in [-0.2, 0) is 14.3 Å². The number of ether oxygens (including phenoxy) is 1. The average molecular weight is 190 g/mol. The van der Waals surface area contributed by atoms with Gasteiger partial charge in [-0.3, -0.25) is 4.79 Å². The van der Waals surface area contributed by atoms with Crippen molar-refractivity contribution in [2.75, 3.05) is 18.1 Å². The van der Waals surface area contributed by atoms with E-state index in [2.05, 4.69) is 0 Å². The molecule has 12 heavy (non-hydrogen) atoms. The van der Waals surface area contributed by atoms with Crippen LogP contribution in [0.1, 0.15) is 13.8 Å². The molecule has 0 aliphatic heterocycles. The lowest BCUT2D eigenvalue weighted by atomic mass is 10.2. The largest absolute Gasteiger partial charge is 0.465 e. The van der Waals surface area contributed by atoms with Crippen LogP contribution in [0.4, 0.5) is 0 Å². The molecular formula is C8H14O3S. The molecule has 0 radical (unpaired) electrons. The van der Waals surface area contributed by atoms with Gasteiger partial charge in [-0.25, -0.2) is 0 Å². The number of carbonyl (C=O) groups excluding carboxylic acids is 2. The molecule has 0 saturated heterocycles. The molecule has 0 heterocycles. The Hall–Kier alpha value is -0.510. The molecule has 0 fully saturated rings. The SMILES string of the molecule is CC(C)COC(=O)CSCC=O. The predicted octanol–water partition coefficient (Wildman–Crippen LogP) is 1.12. The van der Waals surface area contributed by atoms with Gasteiger partial charge in [-0.2, -0.15) is 0 Å². The minimum absolute atomic E-state index is 0.240. The standard InChI is InChI=1S/C8H14O3S/c1-7(2)5-11-8(10)6-12-4-3-9/h3,7H,4-6H2,1-2H3. The van der Waals surface area contributed by atoms with Crippen molar-refractivity contribution >= 4 is 24.0 Å². The van der Waals surface area contributed by atoms with Crippen molar-refractivity contribution in [3.63, 3.8) is 0 Å². The lowest BCUT2D eigenvalue weighted by molar-refractivity contribution is -0.141. The van der Waals surface area contributed by atoms with Gasteiger partial charge in [-0.15, -0.1) is 11.8 Å². The molecule has 0 aromatic rings. The van der Waals surface area contributed by atoms with E-state index in [-0.39, 0.29) is 11.7 Å². The van der Waals surface area contributed by atoms with Gasteiger partial charge in [0.15, 0.2) is 0 Å². The normalized spacial score (nSPS) is 9.92.